The Morgan fingerprint density at radius 1 is 1.08 bits per heavy atom. The second-order valence-corrected chi connectivity index (χ2v) is 6.44. The van der Waals surface area contributed by atoms with Crippen molar-refractivity contribution in [2.45, 2.75) is 24.3 Å². The number of hydrogen-bond donors (Lipinski definition) is 1. The lowest BCUT2D eigenvalue weighted by molar-refractivity contribution is 0.0600. The van der Waals surface area contributed by atoms with E-state index in [0.717, 1.165) is 29.1 Å². The molecule has 1 aromatic heterocycles. The maximum atomic E-state index is 11.4. The van der Waals surface area contributed by atoms with Gasteiger partial charge in [0, 0.05) is 11.3 Å². The Hall–Kier alpha value is -2.60. The number of carbonyl (C=O) groups excluding carboxylic acids is 1. The van der Waals surface area contributed by atoms with Crippen LogP contribution >= 0.6 is 11.8 Å². The number of aromatic amines is 1. The highest BCUT2D eigenvalue weighted by molar-refractivity contribution is 7.98. The summed E-state index contributed by atoms with van der Waals surface area (Å²) in [5.74, 6) is 1.17. The van der Waals surface area contributed by atoms with Crippen LogP contribution in [0.25, 0.3) is 11.4 Å². The van der Waals surface area contributed by atoms with Crippen molar-refractivity contribution in [2.75, 3.05) is 7.11 Å². The van der Waals surface area contributed by atoms with E-state index in [9.17, 15) is 4.79 Å². The van der Waals surface area contributed by atoms with Gasteiger partial charge in [0.1, 0.15) is 0 Å². The molecular weight excluding hydrogens is 334 g/mol. The van der Waals surface area contributed by atoms with Gasteiger partial charge >= 0.3 is 5.97 Å². The van der Waals surface area contributed by atoms with Gasteiger partial charge < -0.3 is 4.74 Å². The van der Waals surface area contributed by atoms with Gasteiger partial charge in [-0.2, -0.15) is 0 Å². The van der Waals surface area contributed by atoms with Gasteiger partial charge in [0.05, 0.1) is 12.7 Å². The maximum absolute atomic E-state index is 11.4. The molecule has 0 fully saturated rings. The van der Waals surface area contributed by atoms with Crippen LogP contribution in [0.4, 0.5) is 0 Å². The molecule has 0 bridgehead atoms. The average Bonchev–Trinajstić information content (AvgIpc) is 3.15. The molecule has 0 amide bonds. The summed E-state index contributed by atoms with van der Waals surface area (Å²) < 4.78 is 4.70. The van der Waals surface area contributed by atoms with E-state index in [1.165, 1.54) is 12.7 Å². The van der Waals surface area contributed by atoms with Crippen LogP contribution in [0.5, 0.6) is 0 Å². The molecule has 0 atom stereocenters. The van der Waals surface area contributed by atoms with Gasteiger partial charge in [-0.1, -0.05) is 55.1 Å². The number of nitrogens with one attached hydrogen (secondary N) is 1. The molecule has 1 heterocycles. The molecule has 0 saturated heterocycles. The van der Waals surface area contributed by atoms with E-state index in [4.69, 9.17) is 4.74 Å². The second kappa shape index (κ2) is 7.98. The first-order valence-electron chi connectivity index (χ1n) is 8.01. The van der Waals surface area contributed by atoms with Gasteiger partial charge in [-0.25, -0.2) is 9.78 Å². The Kier molecular flexibility index (Phi) is 5.50. The van der Waals surface area contributed by atoms with E-state index < -0.39 is 0 Å². The fourth-order valence-electron chi connectivity index (χ4n) is 2.34. The summed E-state index contributed by atoms with van der Waals surface area (Å²) in [6.07, 6.45) is 1.02. The first-order valence-corrected chi connectivity index (χ1v) is 9.00. The quantitative estimate of drug-likeness (QED) is 0.533. The smallest absolute Gasteiger partial charge is 0.337 e. The normalized spacial score (nSPS) is 10.6. The van der Waals surface area contributed by atoms with Crippen LogP contribution in [0.2, 0.25) is 0 Å². The molecular formula is C19H19N3O2S. The average molecular weight is 353 g/mol. The first kappa shape index (κ1) is 17.2. The predicted molar refractivity (Wildman–Crippen MR) is 98.5 cm³/mol. The van der Waals surface area contributed by atoms with Crippen LogP contribution in [0, 0.1) is 0 Å². The summed E-state index contributed by atoms with van der Waals surface area (Å²) in [7, 11) is 1.38. The van der Waals surface area contributed by atoms with E-state index in [-0.39, 0.29) is 5.97 Å². The SMILES string of the molecule is CCc1ccc(-c2nc(SCc3ccc(C(=O)OC)cc3)n[nH]2)cc1. The van der Waals surface area contributed by atoms with Gasteiger partial charge in [-0.3, -0.25) is 5.10 Å². The zero-order valence-electron chi connectivity index (χ0n) is 14.2. The summed E-state index contributed by atoms with van der Waals surface area (Å²) >= 11 is 1.55. The number of hydrogen-bond acceptors (Lipinski definition) is 5. The molecule has 0 spiro atoms. The molecule has 0 radical (unpaired) electrons. The lowest BCUT2D eigenvalue weighted by Crippen LogP contribution is -2.00. The number of benzene rings is 2. The van der Waals surface area contributed by atoms with Crippen molar-refractivity contribution >= 4 is 17.7 Å². The molecule has 0 saturated carbocycles. The molecule has 0 aliphatic carbocycles. The van der Waals surface area contributed by atoms with Crippen LogP contribution in [0.3, 0.4) is 0 Å². The fraction of sp³-hybridized carbons (Fsp3) is 0.211. The first-order chi connectivity index (χ1) is 12.2. The van der Waals surface area contributed by atoms with Crippen molar-refractivity contribution in [2.24, 2.45) is 0 Å². The fourth-order valence-corrected chi connectivity index (χ4v) is 3.10. The Balaban J connectivity index is 1.62. The Morgan fingerprint density at radius 3 is 2.40 bits per heavy atom. The number of esters is 1. The summed E-state index contributed by atoms with van der Waals surface area (Å²) in [5, 5.41) is 7.95. The van der Waals surface area contributed by atoms with E-state index >= 15 is 0 Å². The number of thioether (sulfide) groups is 1. The van der Waals surface area contributed by atoms with Crippen LogP contribution in [-0.2, 0) is 16.9 Å². The predicted octanol–water partition coefficient (Wildman–Crippen LogP) is 4.11. The number of aromatic nitrogens is 3. The van der Waals surface area contributed by atoms with Crippen molar-refractivity contribution < 1.29 is 9.53 Å². The number of aryl methyl sites for hydroxylation is 1. The molecule has 6 heteroatoms. The summed E-state index contributed by atoms with van der Waals surface area (Å²) in [4.78, 5) is 16.0. The molecule has 25 heavy (non-hydrogen) atoms. The van der Waals surface area contributed by atoms with Crippen molar-refractivity contribution in [1.82, 2.24) is 15.2 Å². The Labute approximate surface area is 150 Å². The maximum Gasteiger partial charge on any atom is 0.337 e. The van der Waals surface area contributed by atoms with Crippen molar-refractivity contribution in [3.05, 3.63) is 65.2 Å². The largest absolute Gasteiger partial charge is 0.465 e. The second-order valence-electron chi connectivity index (χ2n) is 5.49. The van der Waals surface area contributed by atoms with Crippen molar-refractivity contribution in [3.63, 3.8) is 0 Å². The minimum Gasteiger partial charge on any atom is -0.465 e. The number of methoxy groups -OCH3 is 1. The molecule has 3 aromatic rings. The number of H-pyrrole nitrogens is 1. The summed E-state index contributed by atoms with van der Waals surface area (Å²) in [6.45, 7) is 2.13. The third kappa shape index (κ3) is 4.28. The summed E-state index contributed by atoms with van der Waals surface area (Å²) in [6, 6.07) is 15.7. The number of carbonyl (C=O) groups is 1. The third-order valence-electron chi connectivity index (χ3n) is 3.84. The number of nitrogens with zero attached hydrogens (tertiary/aromatic N) is 2. The molecule has 3 rings (SSSR count). The van der Waals surface area contributed by atoms with Crippen LogP contribution < -0.4 is 0 Å². The van der Waals surface area contributed by atoms with E-state index in [0.29, 0.717) is 10.7 Å². The molecule has 2 aromatic carbocycles. The van der Waals surface area contributed by atoms with Gasteiger partial charge in [0.15, 0.2) is 5.82 Å². The molecule has 0 unspecified atom stereocenters. The standard InChI is InChI=1S/C19H19N3O2S/c1-3-13-4-8-15(9-5-13)17-20-19(22-21-17)25-12-14-6-10-16(11-7-14)18(23)24-2/h4-11H,3,12H2,1-2H3,(H,20,21,22). The highest BCUT2D eigenvalue weighted by atomic mass is 32.2. The van der Waals surface area contributed by atoms with Crippen molar-refractivity contribution in [1.29, 1.82) is 0 Å². The summed E-state index contributed by atoms with van der Waals surface area (Å²) in [5.41, 5.74) is 3.97. The number of ether oxygens (including phenoxy) is 1. The van der Waals surface area contributed by atoms with Gasteiger partial charge in [0.25, 0.3) is 0 Å². The highest BCUT2D eigenvalue weighted by Crippen LogP contribution is 2.23. The minimum absolute atomic E-state index is 0.327. The number of rotatable bonds is 6. The molecule has 1 N–H and O–H groups in total. The van der Waals surface area contributed by atoms with Crippen LogP contribution in [0.15, 0.2) is 53.7 Å². The van der Waals surface area contributed by atoms with E-state index in [1.807, 2.05) is 12.1 Å². The molecule has 0 aliphatic rings. The molecule has 128 valence electrons. The third-order valence-corrected chi connectivity index (χ3v) is 4.76. The zero-order valence-corrected chi connectivity index (χ0v) is 15.0. The molecule has 5 nitrogen and oxygen atoms in total. The van der Waals surface area contributed by atoms with Gasteiger partial charge in [-0.05, 0) is 29.7 Å². The van der Waals surface area contributed by atoms with Crippen LogP contribution in [-0.4, -0.2) is 28.3 Å². The topological polar surface area (TPSA) is 67.9 Å². The van der Waals surface area contributed by atoms with Gasteiger partial charge in [0.2, 0.25) is 5.16 Å². The van der Waals surface area contributed by atoms with Crippen LogP contribution in [0.1, 0.15) is 28.4 Å². The Morgan fingerprint density at radius 2 is 1.76 bits per heavy atom. The lowest BCUT2D eigenvalue weighted by Gasteiger charge is -2.01. The Bertz CT molecular complexity index is 842. The van der Waals surface area contributed by atoms with Gasteiger partial charge in [-0.15, -0.1) is 5.10 Å². The van der Waals surface area contributed by atoms with E-state index in [2.05, 4.69) is 46.4 Å². The van der Waals surface area contributed by atoms with Crippen molar-refractivity contribution in [3.8, 4) is 11.4 Å². The lowest BCUT2D eigenvalue weighted by atomic mass is 10.1. The highest BCUT2D eigenvalue weighted by Gasteiger charge is 2.08. The minimum atomic E-state index is -0.327. The zero-order chi connectivity index (χ0) is 17.6. The monoisotopic (exact) mass is 353 g/mol. The van der Waals surface area contributed by atoms with E-state index in [1.54, 1.807) is 23.9 Å². The molecule has 0 aliphatic heterocycles.